The van der Waals surface area contributed by atoms with Crippen LogP contribution in [-0.4, -0.2) is 15.6 Å². The molecule has 0 aromatic carbocycles. The highest BCUT2D eigenvalue weighted by molar-refractivity contribution is 6.51. The van der Waals surface area contributed by atoms with Crippen LogP contribution in [0.1, 0.15) is 52.9 Å². The van der Waals surface area contributed by atoms with E-state index in [1.54, 1.807) is 0 Å². The first-order valence-corrected chi connectivity index (χ1v) is 7.64. The Morgan fingerprint density at radius 3 is 1.77 bits per heavy atom. The van der Waals surface area contributed by atoms with Crippen LogP contribution in [0.25, 0.3) is 0 Å². The van der Waals surface area contributed by atoms with Gasteiger partial charge in [0.1, 0.15) is 0 Å². The molecular formula is C11H25OSi. The van der Waals surface area contributed by atoms with Gasteiger partial charge in [0.05, 0.1) is 0 Å². The summed E-state index contributed by atoms with van der Waals surface area (Å²) in [6.07, 6.45) is 6.53. The third-order valence-electron chi connectivity index (χ3n) is 2.13. The van der Waals surface area contributed by atoms with Crippen molar-refractivity contribution in [2.75, 3.05) is 6.61 Å². The second kappa shape index (κ2) is 10.3. The lowest BCUT2D eigenvalue weighted by Crippen LogP contribution is -2.18. The molecule has 0 heterocycles. The van der Waals surface area contributed by atoms with Crippen LogP contribution in [0, 0.1) is 0 Å². The first-order valence-electron chi connectivity index (χ1n) is 5.82. The zero-order chi connectivity index (χ0) is 9.94. The van der Waals surface area contributed by atoms with E-state index < -0.39 is 9.04 Å². The van der Waals surface area contributed by atoms with E-state index in [0.717, 1.165) is 6.61 Å². The van der Waals surface area contributed by atoms with Crippen molar-refractivity contribution < 1.29 is 4.43 Å². The highest BCUT2D eigenvalue weighted by Gasteiger charge is 2.10. The number of hydrogen-bond acceptors (Lipinski definition) is 1. The molecular weight excluding hydrogens is 176 g/mol. The lowest BCUT2D eigenvalue weighted by molar-refractivity contribution is 0.316. The van der Waals surface area contributed by atoms with Gasteiger partial charge in [-0.25, -0.2) is 0 Å². The van der Waals surface area contributed by atoms with Gasteiger partial charge in [-0.2, -0.15) is 0 Å². The van der Waals surface area contributed by atoms with E-state index in [1.165, 1.54) is 44.2 Å². The first-order chi connectivity index (χ1) is 6.35. The Kier molecular flexibility index (Phi) is 10.4. The van der Waals surface area contributed by atoms with Crippen molar-refractivity contribution in [3.8, 4) is 0 Å². The number of unbranched alkanes of at least 4 members (excludes halogenated alkanes) is 2. The van der Waals surface area contributed by atoms with Crippen LogP contribution in [0.5, 0.6) is 0 Å². The number of rotatable bonds is 9. The normalized spacial score (nSPS) is 11.1. The molecule has 0 fully saturated rings. The predicted octanol–water partition coefficient (Wildman–Crippen LogP) is 4.00. The third kappa shape index (κ3) is 8.51. The van der Waals surface area contributed by atoms with Crippen molar-refractivity contribution in [1.29, 1.82) is 0 Å². The summed E-state index contributed by atoms with van der Waals surface area (Å²) in [6.45, 7) is 7.71. The maximum absolute atomic E-state index is 5.90. The zero-order valence-corrected chi connectivity index (χ0v) is 10.6. The second-order valence-electron chi connectivity index (χ2n) is 3.59. The van der Waals surface area contributed by atoms with Crippen LogP contribution < -0.4 is 0 Å². The van der Waals surface area contributed by atoms with Gasteiger partial charge >= 0.3 is 0 Å². The molecule has 0 spiro atoms. The molecule has 0 unspecified atom stereocenters. The molecule has 0 saturated carbocycles. The lowest BCUT2D eigenvalue weighted by Gasteiger charge is -2.13. The minimum atomic E-state index is -0.433. The molecule has 2 heteroatoms. The molecule has 0 amide bonds. The van der Waals surface area contributed by atoms with Gasteiger partial charge in [0.25, 0.3) is 0 Å². The summed E-state index contributed by atoms with van der Waals surface area (Å²) in [7, 11) is -0.433. The summed E-state index contributed by atoms with van der Waals surface area (Å²) in [5.74, 6) is 0. The molecule has 1 radical (unpaired) electrons. The van der Waals surface area contributed by atoms with Gasteiger partial charge in [-0.3, -0.25) is 0 Å². The average molecular weight is 201 g/mol. The average Bonchev–Trinajstić information content (AvgIpc) is 2.17. The molecule has 0 aliphatic rings. The largest absolute Gasteiger partial charge is 0.417 e. The molecule has 0 aromatic heterocycles. The minimum absolute atomic E-state index is 0.433. The quantitative estimate of drug-likeness (QED) is 0.512. The Bertz CT molecular complexity index is 77.1. The SMILES string of the molecule is CCCC[Si](CCCC)OCCC. The van der Waals surface area contributed by atoms with Gasteiger partial charge < -0.3 is 4.43 Å². The minimum Gasteiger partial charge on any atom is -0.417 e. The van der Waals surface area contributed by atoms with Crippen molar-refractivity contribution >= 4 is 9.04 Å². The molecule has 79 valence electrons. The van der Waals surface area contributed by atoms with Crippen molar-refractivity contribution in [2.24, 2.45) is 0 Å². The third-order valence-corrected chi connectivity index (χ3v) is 4.56. The predicted molar refractivity (Wildman–Crippen MR) is 61.4 cm³/mol. The van der Waals surface area contributed by atoms with Gasteiger partial charge in [-0.15, -0.1) is 0 Å². The molecule has 0 rings (SSSR count). The fourth-order valence-electron chi connectivity index (χ4n) is 1.26. The molecule has 13 heavy (non-hydrogen) atoms. The van der Waals surface area contributed by atoms with E-state index in [-0.39, 0.29) is 0 Å². The first kappa shape index (κ1) is 13.2. The standard InChI is InChI=1S/C11H25OSi/c1-4-7-10-13(11-8-5-2)12-9-6-3/h4-11H2,1-3H3. The highest BCUT2D eigenvalue weighted by atomic mass is 28.3. The fourth-order valence-corrected chi connectivity index (χ4v) is 3.79. The van der Waals surface area contributed by atoms with Crippen LogP contribution >= 0.6 is 0 Å². The van der Waals surface area contributed by atoms with Crippen molar-refractivity contribution in [3.05, 3.63) is 0 Å². The summed E-state index contributed by atoms with van der Waals surface area (Å²) in [5, 5.41) is 0. The van der Waals surface area contributed by atoms with Crippen molar-refractivity contribution in [2.45, 2.75) is 65.0 Å². The smallest absolute Gasteiger partial charge is 0.211 e. The molecule has 0 atom stereocenters. The van der Waals surface area contributed by atoms with E-state index in [9.17, 15) is 0 Å². The lowest BCUT2D eigenvalue weighted by atomic mass is 10.4. The van der Waals surface area contributed by atoms with Gasteiger partial charge in [-0.1, -0.05) is 46.5 Å². The maximum atomic E-state index is 5.90. The molecule has 0 bridgehead atoms. The van der Waals surface area contributed by atoms with Crippen LogP contribution in [0.2, 0.25) is 12.1 Å². The zero-order valence-electron chi connectivity index (χ0n) is 9.57. The van der Waals surface area contributed by atoms with Crippen LogP contribution in [-0.2, 0) is 4.43 Å². The molecule has 0 N–H and O–H groups in total. The summed E-state index contributed by atoms with van der Waals surface area (Å²) in [5.41, 5.74) is 0. The Balaban J connectivity index is 3.47. The summed E-state index contributed by atoms with van der Waals surface area (Å²) < 4.78 is 5.90. The Morgan fingerprint density at radius 1 is 0.846 bits per heavy atom. The van der Waals surface area contributed by atoms with E-state index in [0.29, 0.717) is 0 Å². The van der Waals surface area contributed by atoms with E-state index in [4.69, 9.17) is 4.43 Å². The molecule has 0 aliphatic carbocycles. The van der Waals surface area contributed by atoms with Crippen molar-refractivity contribution in [1.82, 2.24) is 0 Å². The van der Waals surface area contributed by atoms with Crippen LogP contribution in [0.15, 0.2) is 0 Å². The summed E-state index contributed by atoms with van der Waals surface area (Å²) >= 11 is 0. The van der Waals surface area contributed by atoms with E-state index in [1.807, 2.05) is 0 Å². The van der Waals surface area contributed by atoms with Crippen LogP contribution in [0.4, 0.5) is 0 Å². The highest BCUT2D eigenvalue weighted by Crippen LogP contribution is 2.11. The number of hydrogen-bond donors (Lipinski definition) is 0. The van der Waals surface area contributed by atoms with Gasteiger partial charge in [0.2, 0.25) is 9.04 Å². The monoisotopic (exact) mass is 201 g/mol. The van der Waals surface area contributed by atoms with Gasteiger partial charge in [0, 0.05) is 6.61 Å². The Labute approximate surface area is 85.6 Å². The van der Waals surface area contributed by atoms with Crippen LogP contribution in [0.3, 0.4) is 0 Å². The molecule has 1 nitrogen and oxygen atoms in total. The molecule has 0 aliphatic heterocycles. The summed E-state index contributed by atoms with van der Waals surface area (Å²) in [4.78, 5) is 0. The molecule has 0 aromatic rings. The summed E-state index contributed by atoms with van der Waals surface area (Å²) in [6, 6.07) is 2.72. The van der Waals surface area contributed by atoms with Crippen molar-refractivity contribution in [3.63, 3.8) is 0 Å². The van der Waals surface area contributed by atoms with E-state index in [2.05, 4.69) is 20.8 Å². The maximum Gasteiger partial charge on any atom is 0.211 e. The van der Waals surface area contributed by atoms with E-state index >= 15 is 0 Å². The second-order valence-corrected chi connectivity index (χ2v) is 5.96. The molecule has 0 saturated heterocycles. The van der Waals surface area contributed by atoms with Gasteiger partial charge in [-0.05, 0) is 18.5 Å². The van der Waals surface area contributed by atoms with Gasteiger partial charge in [0.15, 0.2) is 0 Å². The Morgan fingerprint density at radius 2 is 1.38 bits per heavy atom. The topological polar surface area (TPSA) is 9.23 Å². The Hall–Kier alpha value is 0.177. The fraction of sp³-hybridized carbons (Fsp3) is 1.00.